The Balaban J connectivity index is 1.66. The normalized spacial score (nSPS) is 15.5. The average Bonchev–Trinajstić information content (AvgIpc) is 3.48. The van der Waals surface area contributed by atoms with Crippen LogP contribution in [0.5, 0.6) is 5.75 Å². The molecule has 0 aromatic heterocycles. The van der Waals surface area contributed by atoms with Gasteiger partial charge in [-0.25, -0.2) is 8.42 Å². The van der Waals surface area contributed by atoms with Crippen molar-refractivity contribution in [3.63, 3.8) is 0 Å². The van der Waals surface area contributed by atoms with Crippen molar-refractivity contribution < 1.29 is 17.9 Å². The molecule has 1 aliphatic rings. The van der Waals surface area contributed by atoms with Crippen LogP contribution in [0, 0.1) is 0 Å². The van der Waals surface area contributed by atoms with Gasteiger partial charge in [-0.2, -0.15) is 0 Å². The van der Waals surface area contributed by atoms with Crippen molar-refractivity contribution in [3.05, 3.63) is 29.8 Å². The molecule has 0 saturated heterocycles. The molecule has 1 unspecified atom stereocenters. The number of nitrogens with zero attached hydrogens (tertiary/aromatic N) is 1. The van der Waals surface area contributed by atoms with Gasteiger partial charge in [0.1, 0.15) is 15.6 Å². The lowest BCUT2D eigenvalue weighted by molar-refractivity contribution is -0.123. The zero-order valence-corrected chi connectivity index (χ0v) is 18.2. The molecule has 1 aromatic carbocycles. The first-order valence-corrected chi connectivity index (χ1v) is 12.0. The van der Waals surface area contributed by atoms with E-state index in [1.165, 1.54) is 6.26 Å². The molecule has 1 aliphatic carbocycles. The summed E-state index contributed by atoms with van der Waals surface area (Å²) >= 11 is 0. The van der Waals surface area contributed by atoms with Crippen molar-refractivity contribution in [2.24, 2.45) is 4.99 Å². The van der Waals surface area contributed by atoms with Gasteiger partial charge < -0.3 is 20.7 Å². The van der Waals surface area contributed by atoms with Crippen LogP contribution in [0.4, 0.5) is 0 Å². The van der Waals surface area contributed by atoms with Crippen LogP contribution >= 0.6 is 0 Å². The van der Waals surface area contributed by atoms with Gasteiger partial charge in [0.2, 0.25) is 0 Å². The number of sulfone groups is 1. The van der Waals surface area contributed by atoms with Crippen molar-refractivity contribution >= 4 is 21.7 Å². The van der Waals surface area contributed by atoms with Gasteiger partial charge in [-0.3, -0.25) is 9.79 Å². The van der Waals surface area contributed by atoms with Crippen molar-refractivity contribution in [3.8, 4) is 5.75 Å². The number of amides is 1. The standard InChI is InChI=1S/C20H32N4O4S/c1-15(11-13-29(3,26)27)23-20(21-2)22-12-10-16-4-8-18(9-5-16)28-14-19(25)24-17-6-7-17/h4-5,8-9,15,17H,6-7,10-14H2,1-3H3,(H,24,25)(H2,21,22,23). The first-order chi connectivity index (χ1) is 13.7. The van der Waals surface area contributed by atoms with Crippen molar-refractivity contribution in [1.82, 2.24) is 16.0 Å². The van der Waals surface area contributed by atoms with Gasteiger partial charge >= 0.3 is 0 Å². The number of rotatable bonds is 11. The molecule has 1 amide bonds. The Morgan fingerprint density at radius 2 is 1.97 bits per heavy atom. The Labute approximate surface area is 173 Å². The molecule has 0 aliphatic heterocycles. The molecule has 3 N–H and O–H groups in total. The lowest BCUT2D eigenvalue weighted by Crippen LogP contribution is -2.43. The summed E-state index contributed by atoms with van der Waals surface area (Å²) in [7, 11) is -1.28. The Bertz CT molecular complexity index is 789. The van der Waals surface area contributed by atoms with E-state index in [0.717, 1.165) is 24.8 Å². The second kappa shape index (κ2) is 11.0. The van der Waals surface area contributed by atoms with E-state index in [1.54, 1.807) is 7.05 Å². The largest absolute Gasteiger partial charge is 0.484 e. The first-order valence-electron chi connectivity index (χ1n) is 9.91. The maximum atomic E-state index is 11.6. The number of hydrogen-bond acceptors (Lipinski definition) is 5. The van der Waals surface area contributed by atoms with Crippen molar-refractivity contribution in [2.45, 2.75) is 44.7 Å². The lowest BCUT2D eigenvalue weighted by atomic mass is 10.1. The summed E-state index contributed by atoms with van der Waals surface area (Å²) in [6.07, 6.45) is 4.69. The minimum absolute atomic E-state index is 0.00414. The van der Waals surface area contributed by atoms with Crippen LogP contribution in [0.3, 0.4) is 0 Å². The Morgan fingerprint density at radius 1 is 1.28 bits per heavy atom. The monoisotopic (exact) mass is 424 g/mol. The van der Waals surface area contributed by atoms with Gasteiger partial charge in [-0.15, -0.1) is 0 Å². The fraction of sp³-hybridized carbons (Fsp3) is 0.600. The fourth-order valence-electron chi connectivity index (χ4n) is 2.61. The highest BCUT2D eigenvalue weighted by Gasteiger charge is 2.23. The number of guanidine groups is 1. The van der Waals surface area contributed by atoms with Crippen LogP contribution < -0.4 is 20.7 Å². The van der Waals surface area contributed by atoms with E-state index >= 15 is 0 Å². The second-order valence-corrected chi connectivity index (χ2v) is 9.75. The molecule has 29 heavy (non-hydrogen) atoms. The summed E-state index contributed by atoms with van der Waals surface area (Å²) in [5.74, 6) is 1.39. The van der Waals surface area contributed by atoms with Gasteiger partial charge in [-0.1, -0.05) is 12.1 Å². The molecule has 9 heteroatoms. The van der Waals surface area contributed by atoms with Crippen molar-refractivity contribution in [1.29, 1.82) is 0 Å². The number of carbonyl (C=O) groups excluding carboxylic acids is 1. The predicted molar refractivity (Wildman–Crippen MR) is 115 cm³/mol. The highest BCUT2D eigenvalue weighted by Crippen LogP contribution is 2.18. The van der Waals surface area contributed by atoms with Gasteiger partial charge in [0.25, 0.3) is 5.91 Å². The number of hydrogen-bond donors (Lipinski definition) is 3. The van der Waals surface area contributed by atoms with Gasteiger partial charge in [-0.05, 0) is 50.3 Å². The van der Waals surface area contributed by atoms with Crippen LogP contribution in [-0.4, -0.2) is 64.6 Å². The highest BCUT2D eigenvalue weighted by molar-refractivity contribution is 7.90. The third-order valence-corrected chi connectivity index (χ3v) is 5.45. The minimum atomic E-state index is -2.96. The molecular weight excluding hydrogens is 392 g/mol. The van der Waals surface area contributed by atoms with E-state index in [4.69, 9.17) is 4.74 Å². The Hall–Kier alpha value is -2.29. The minimum Gasteiger partial charge on any atom is -0.484 e. The van der Waals surface area contributed by atoms with E-state index in [9.17, 15) is 13.2 Å². The third kappa shape index (κ3) is 10.2. The molecule has 1 aromatic rings. The quantitative estimate of drug-likeness (QED) is 0.359. The fourth-order valence-corrected chi connectivity index (χ4v) is 3.40. The Morgan fingerprint density at radius 3 is 2.55 bits per heavy atom. The maximum absolute atomic E-state index is 11.6. The highest BCUT2D eigenvalue weighted by atomic mass is 32.2. The molecular formula is C20H32N4O4S. The lowest BCUT2D eigenvalue weighted by Gasteiger charge is -2.17. The molecule has 8 nitrogen and oxygen atoms in total. The SMILES string of the molecule is CN=C(NCCc1ccc(OCC(=O)NC2CC2)cc1)NC(C)CCS(C)(=O)=O. The van der Waals surface area contributed by atoms with Crippen molar-refractivity contribution in [2.75, 3.05) is 32.2 Å². The number of carbonyl (C=O) groups is 1. The van der Waals surface area contributed by atoms with Crippen LogP contribution in [0.2, 0.25) is 0 Å². The molecule has 0 bridgehead atoms. The molecule has 0 radical (unpaired) electrons. The number of aliphatic imine (C=N–C) groups is 1. The summed E-state index contributed by atoms with van der Waals surface area (Å²) in [4.78, 5) is 15.8. The molecule has 1 fully saturated rings. The molecule has 2 rings (SSSR count). The third-order valence-electron chi connectivity index (χ3n) is 4.47. The smallest absolute Gasteiger partial charge is 0.258 e. The second-order valence-electron chi connectivity index (χ2n) is 7.49. The summed E-state index contributed by atoms with van der Waals surface area (Å²) in [5.41, 5.74) is 1.13. The van der Waals surface area contributed by atoms with Gasteiger partial charge in [0, 0.05) is 31.9 Å². The topological polar surface area (TPSA) is 109 Å². The maximum Gasteiger partial charge on any atom is 0.258 e. The average molecular weight is 425 g/mol. The van der Waals surface area contributed by atoms with E-state index in [-0.39, 0.29) is 24.3 Å². The van der Waals surface area contributed by atoms with Crippen LogP contribution in [0.25, 0.3) is 0 Å². The summed E-state index contributed by atoms with van der Waals surface area (Å²) in [6, 6.07) is 8.01. The molecule has 1 saturated carbocycles. The summed E-state index contributed by atoms with van der Waals surface area (Å²) in [5, 5.41) is 9.32. The van der Waals surface area contributed by atoms with Crippen LogP contribution in [0.1, 0.15) is 31.7 Å². The molecule has 162 valence electrons. The van der Waals surface area contributed by atoms with Crippen LogP contribution in [0.15, 0.2) is 29.3 Å². The van der Waals surface area contributed by atoms with E-state index in [1.807, 2.05) is 31.2 Å². The van der Waals surface area contributed by atoms with E-state index in [2.05, 4.69) is 20.9 Å². The van der Waals surface area contributed by atoms with Gasteiger partial charge in [0.05, 0.1) is 5.75 Å². The summed E-state index contributed by atoms with van der Waals surface area (Å²) < 4.78 is 28.0. The van der Waals surface area contributed by atoms with E-state index < -0.39 is 9.84 Å². The van der Waals surface area contributed by atoms with Gasteiger partial charge in [0.15, 0.2) is 12.6 Å². The molecule has 1 atom stereocenters. The number of benzene rings is 1. The zero-order chi connectivity index (χ0) is 21.3. The first kappa shape index (κ1) is 23.0. The predicted octanol–water partition coefficient (Wildman–Crippen LogP) is 0.875. The number of nitrogens with one attached hydrogen (secondary N) is 3. The molecule has 0 heterocycles. The molecule has 0 spiro atoms. The Kier molecular flexibility index (Phi) is 8.75. The zero-order valence-electron chi connectivity index (χ0n) is 17.4. The van der Waals surface area contributed by atoms with E-state index in [0.29, 0.717) is 30.7 Å². The summed E-state index contributed by atoms with van der Waals surface area (Å²) in [6.45, 7) is 2.65. The van der Waals surface area contributed by atoms with Crippen LogP contribution in [-0.2, 0) is 21.1 Å². The number of ether oxygens (including phenoxy) is 1.